The molecule has 110 valence electrons. The Balaban J connectivity index is 1.86. The molecule has 21 heavy (non-hydrogen) atoms. The molecule has 0 spiro atoms. The summed E-state index contributed by atoms with van der Waals surface area (Å²) in [5.41, 5.74) is 6.39. The van der Waals surface area contributed by atoms with E-state index in [0.717, 1.165) is 22.7 Å². The minimum atomic E-state index is -0.113. The average Bonchev–Trinajstić information content (AvgIpc) is 2.81. The number of rotatable bonds is 5. The highest BCUT2D eigenvalue weighted by Crippen LogP contribution is 2.03. The fourth-order valence-corrected chi connectivity index (χ4v) is 2.05. The Morgan fingerprint density at radius 3 is 2.62 bits per heavy atom. The zero-order valence-electron chi connectivity index (χ0n) is 12.6. The van der Waals surface area contributed by atoms with Crippen LogP contribution in [0.25, 0.3) is 0 Å². The molecule has 2 aromatic rings. The van der Waals surface area contributed by atoms with E-state index in [1.54, 1.807) is 0 Å². The normalized spacial score (nSPS) is 11.5. The SMILES string of the molecule is CC(=NNC(=O)CCn1nc(C)cc1C)c1ccccc1. The Kier molecular flexibility index (Phi) is 4.87. The summed E-state index contributed by atoms with van der Waals surface area (Å²) in [6.07, 6.45) is 0.355. The summed E-state index contributed by atoms with van der Waals surface area (Å²) < 4.78 is 1.84. The molecule has 1 aromatic heterocycles. The summed E-state index contributed by atoms with van der Waals surface area (Å²) in [7, 11) is 0. The number of amides is 1. The van der Waals surface area contributed by atoms with Gasteiger partial charge >= 0.3 is 0 Å². The first-order valence-corrected chi connectivity index (χ1v) is 6.96. The lowest BCUT2D eigenvalue weighted by Gasteiger charge is -2.05. The summed E-state index contributed by atoms with van der Waals surface area (Å²) in [5, 5.41) is 8.45. The topological polar surface area (TPSA) is 59.3 Å². The average molecular weight is 284 g/mol. The number of aromatic nitrogens is 2. The number of hydrogen-bond donors (Lipinski definition) is 1. The molecule has 1 amide bonds. The van der Waals surface area contributed by atoms with E-state index in [4.69, 9.17) is 0 Å². The van der Waals surface area contributed by atoms with Crippen molar-refractivity contribution in [2.75, 3.05) is 0 Å². The second-order valence-corrected chi connectivity index (χ2v) is 5.00. The Morgan fingerprint density at radius 2 is 2.00 bits per heavy atom. The predicted octanol–water partition coefficient (Wildman–Crippen LogP) is 2.43. The monoisotopic (exact) mass is 284 g/mol. The second-order valence-electron chi connectivity index (χ2n) is 5.00. The number of benzene rings is 1. The van der Waals surface area contributed by atoms with Gasteiger partial charge in [0, 0.05) is 12.1 Å². The minimum absolute atomic E-state index is 0.113. The van der Waals surface area contributed by atoms with E-state index in [1.165, 1.54) is 0 Å². The van der Waals surface area contributed by atoms with Gasteiger partial charge in [-0.2, -0.15) is 10.2 Å². The van der Waals surface area contributed by atoms with Crippen molar-refractivity contribution in [3.8, 4) is 0 Å². The third-order valence-corrected chi connectivity index (χ3v) is 3.19. The van der Waals surface area contributed by atoms with Gasteiger partial charge in [0.25, 0.3) is 0 Å². The van der Waals surface area contributed by atoms with E-state index in [9.17, 15) is 4.79 Å². The van der Waals surface area contributed by atoms with Crippen LogP contribution in [0.3, 0.4) is 0 Å². The van der Waals surface area contributed by atoms with Crippen LogP contribution in [0.5, 0.6) is 0 Å². The van der Waals surface area contributed by atoms with Crippen LogP contribution in [0, 0.1) is 13.8 Å². The number of carbonyl (C=O) groups is 1. The van der Waals surface area contributed by atoms with E-state index in [1.807, 2.05) is 61.9 Å². The number of carbonyl (C=O) groups excluding carboxylic acids is 1. The van der Waals surface area contributed by atoms with Crippen LogP contribution in [-0.2, 0) is 11.3 Å². The van der Waals surface area contributed by atoms with Crippen molar-refractivity contribution in [1.29, 1.82) is 0 Å². The Morgan fingerprint density at radius 1 is 1.29 bits per heavy atom. The fourth-order valence-electron chi connectivity index (χ4n) is 2.05. The van der Waals surface area contributed by atoms with Gasteiger partial charge in [-0.3, -0.25) is 9.48 Å². The van der Waals surface area contributed by atoms with E-state index in [2.05, 4.69) is 15.6 Å². The number of hydrazone groups is 1. The molecule has 0 bridgehead atoms. The number of nitrogens with zero attached hydrogens (tertiary/aromatic N) is 3. The zero-order chi connectivity index (χ0) is 15.2. The molecule has 0 aliphatic carbocycles. The van der Waals surface area contributed by atoms with Gasteiger partial charge in [-0.25, -0.2) is 5.43 Å². The highest BCUT2D eigenvalue weighted by atomic mass is 16.2. The summed E-state index contributed by atoms with van der Waals surface area (Å²) in [6, 6.07) is 11.7. The van der Waals surface area contributed by atoms with Crippen molar-refractivity contribution in [2.24, 2.45) is 5.10 Å². The second kappa shape index (κ2) is 6.83. The van der Waals surface area contributed by atoms with Gasteiger partial charge in [0.1, 0.15) is 0 Å². The third kappa shape index (κ3) is 4.27. The summed E-state index contributed by atoms with van der Waals surface area (Å²) in [4.78, 5) is 11.8. The molecule has 0 saturated carbocycles. The molecule has 1 N–H and O–H groups in total. The Labute approximate surface area is 124 Å². The molecular weight excluding hydrogens is 264 g/mol. The fraction of sp³-hybridized carbons (Fsp3) is 0.312. The first-order chi connectivity index (χ1) is 10.1. The summed E-state index contributed by atoms with van der Waals surface area (Å²) in [5.74, 6) is -0.113. The van der Waals surface area contributed by atoms with Crippen LogP contribution in [-0.4, -0.2) is 21.4 Å². The standard InChI is InChI=1S/C16H20N4O/c1-12-11-13(2)20(19-12)10-9-16(21)18-17-14(3)15-7-5-4-6-8-15/h4-8,11H,9-10H2,1-3H3,(H,18,21). The molecule has 0 aliphatic heterocycles. The van der Waals surface area contributed by atoms with Crippen LogP contribution in [0.15, 0.2) is 41.5 Å². The zero-order valence-corrected chi connectivity index (χ0v) is 12.6. The molecule has 1 heterocycles. The third-order valence-electron chi connectivity index (χ3n) is 3.19. The van der Waals surface area contributed by atoms with Crippen molar-refractivity contribution >= 4 is 11.6 Å². The molecule has 0 radical (unpaired) electrons. The van der Waals surface area contributed by atoms with Crippen LogP contribution < -0.4 is 5.43 Å². The van der Waals surface area contributed by atoms with E-state index in [-0.39, 0.29) is 5.91 Å². The van der Waals surface area contributed by atoms with Gasteiger partial charge < -0.3 is 0 Å². The largest absolute Gasteiger partial charge is 0.273 e. The smallest absolute Gasteiger partial charge is 0.241 e. The maximum Gasteiger partial charge on any atom is 0.241 e. The lowest BCUT2D eigenvalue weighted by molar-refractivity contribution is -0.121. The Hall–Kier alpha value is -2.43. The molecule has 0 saturated heterocycles. The van der Waals surface area contributed by atoms with E-state index in [0.29, 0.717) is 13.0 Å². The number of nitrogens with one attached hydrogen (secondary N) is 1. The quantitative estimate of drug-likeness (QED) is 0.677. The van der Waals surface area contributed by atoms with Crippen LogP contribution in [0.2, 0.25) is 0 Å². The highest BCUT2D eigenvalue weighted by molar-refractivity contribution is 5.99. The van der Waals surface area contributed by atoms with Crippen molar-refractivity contribution in [3.05, 3.63) is 53.3 Å². The molecule has 2 rings (SSSR count). The summed E-state index contributed by atoms with van der Waals surface area (Å²) >= 11 is 0. The van der Waals surface area contributed by atoms with Crippen molar-refractivity contribution in [2.45, 2.75) is 33.7 Å². The maximum atomic E-state index is 11.8. The van der Waals surface area contributed by atoms with Crippen LogP contribution in [0.4, 0.5) is 0 Å². The first kappa shape index (κ1) is 15.0. The molecule has 5 heteroatoms. The molecule has 0 unspecified atom stereocenters. The van der Waals surface area contributed by atoms with Crippen LogP contribution in [0.1, 0.15) is 30.3 Å². The van der Waals surface area contributed by atoms with E-state index < -0.39 is 0 Å². The molecule has 0 fully saturated rings. The number of aryl methyl sites for hydroxylation is 3. The van der Waals surface area contributed by atoms with Crippen molar-refractivity contribution in [1.82, 2.24) is 15.2 Å². The summed E-state index contributed by atoms with van der Waals surface area (Å²) in [6.45, 7) is 6.36. The van der Waals surface area contributed by atoms with Gasteiger partial charge in [0.15, 0.2) is 0 Å². The Bertz CT molecular complexity index is 644. The van der Waals surface area contributed by atoms with Crippen molar-refractivity contribution in [3.63, 3.8) is 0 Å². The molecular formula is C16H20N4O. The molecule has 1 aromatic carbocycles. The maximum absolute atomic E-state index is 11.8. The van der Waals surface area contributed by atoms with Gasteiger partial charge in [-0.15, -0.1) is 0 Å². The van der Waals surface area contributed by atoms with Gasteiger partial charge in [-0.05, 0) is 32.4 Å². The van der Waals surface area contributed by atoms with Crippen molar-refractivity contribution < 1.29 is 4.79 Å². The van der Waals surface area contributed by atoms with Gasteiger partial charge in [-0.1, -0.05) is 30.3 Å². The van der Waals surface area contributed by atoms with Crippen LogP contribution >= 0.6 is 0 Å². The molecule has 0 aliphatic rings. The highest BCUT2D eigenvalue weighted by Gasteiger charge is 2.05. The van der Waals surface area contributed by atoms with E-state index >= 15 is 0 Å². The van der Waals surface area contributed by atoms with Gasteiger partial charge in [0.2, 0.25) is 5.91 Å². The number of hydrogen-bond acceptors (Lipinski definition) is 3. The molecule has 5 nitrogen and oxygen atoms in total. The first-order valence-electron chi connectivity index (χ1n) is 6.96. The molecule has 0 atom stereocenters. The minimum Gasteiger partial charge on any atom is -0.273 e. The lowest BCUT2D eigenvalue weighted by Crippen LogP contribution is -2.21. The predicted molar refractivity (Wildman–Crippen MR) is 83.1 cm³/mol. The lowest BCUT2D eigenvalue weighted by atomic mass is 10.1. The van der Waals surface area contributed by atoms with Gasteiger partial charge in [0.05, 0.1) is 18.0 Å².